The number of amides is 1. The van der Waals surface area contributed by atoms with E-state index in [9.17, 15) is 14.9 Å². The van der Waals surface area contributed by atoms with Gasteiger partial charge in [-0.3, -0.25) is 14.9 Å². The van der Waals surface area contributed by atoms with Crippen LogP contribution < -0.4 is 14.8 Å². The monoisotopic (exact) mass is 344 g/mol. The molecule has 0 saturated carbocycles. The van der Waals surface area contributed by atoms with Crippen molar-refractivity contribution in [1.29, 1.82) is 0 Å². The van der Waals surface area contributed by atoms with Gasteiger partial charge in [0.15, 0.2) is 0 Å². The molecule has 0 spiro atoms. The van der Waals surface area contributed by atoms with Crippen LogP contribution in [-0.4, -0.2) is 24.5 Å². The largest absolute Gasteiger partial charge is 0.496 e. The Bertz CT molecular complexity index is 731. The van der Waals surface area contributed by atoms with Crippen LogP contribution in [-0.2, 0) is 4.79 Å². The first-order chi connectivity index (χ1) is 12.0. The summed E-state index contributed by atoms with van der Waals surface area (Å²) >= 11 is 0. The molecular weight excluding hydrogens is 324 g/mol. The Morgan fingerprint density at radius 2 is 1.88 bits per heavy atom. The van der Waals surface area contributed by atoms with Crippen molar-refractivity contribution < 1.29 is 19.2 Å². The number of rotatable bonds is 8. The number of non-ortho nitro benzene ring substituents is 1. The molecule has 0 heterocycles. The van der Waals surface area contributed by atoms with Crippen molar-refractivity contribution in [3.8, 4) is 11.5 Å². The molecule has 2 rings (SSSR count). The number of benzene rings is 2. The minimum atomic E-state index is -0.476. The van der Waals surface area contributed by atoms with Gasteiger partial charge in [-0.25, -0.2) is 0 Å². The summed E-state index contributed by atoms with van der Waals surface area (Å²) in [5.74, 6) is 1.05. The van der Waals surface area contributed by atoms with E-state index in [2.05, 4.69) is 5.32 Å². The molecule has 132 valence electrons. The lowest BCUT2D eigenvalue weighted by atomic mass is 10.1. The van der Waals surface area contributed by atoms with E-state index in [0.717, 1.165) is 11.3 Å². The molecule has 1 amide bonds. The van der Waals surface area contributed by atoms with E-state index in [0.29, 0.717) is 5.75 Å². The van der Waals surface area contributed by atoms with Crippen LogP contribution in [0.1, 0.15) is 24.9 Å². The SMILES string of the molecule is COc1ccccc1C(C)NC(=O)CCOc1ccc([N+](=O)[O-])cc1. The Labute approximate surface area is 145 Å². The highest BCUT2D eigenvalue weighted by atomic mass is 16.6. The highest BCUT2D eigenvalue weighted by Gasteiger charge is 2.13. The molecule has 0 bridgehead atoms. The van der Waals surface area contributed by atoms with Gasteiger partial charge in [0.25, 0.3) is 5.69 Å². The highest BCUT2D eigenvalue weighted by Crippen LogP contribution is 2.24. The Hall–Kier alpha value is -3.09. The number of methoxy groups -OCH3 is 1. The number of ether oxygens (including phenoxy) is 2. The molecule has 2 aromatic rings. The molecule has 0 aromatic heterocycles. The normalized spacial score (nSPS) is 11.4. The predicted octanol–water partition coefficient (Wildman–Crippen LogP) is 3.25. The predicted molar refractivity (Wildman–Crippen MR) is 92.8 cm³/mol. The number of nitro groups is 1. The lowest BCUT2D eigenvalue weighted by Crippen LogP contribution is -2.28. The van der Waals surface area contributed by atoms with Crippen LogP contribution in [0.2, 0.25) is 0 Å². The molecule has 0 saturated heterocycles. The molecule has 0 aliphatic rings. The van der Waals surface area contributed by atoms with E-state index in [4.69, 9.17) is 9.47 Å². The van der Waals surface area contributed by atoms with Crippen LogP contribution in [0.15, 0.2) is 48.5 Å². The van der Waals surface area contributed by atoms with E-state index in [1.807, 2.05) is 31.2 Å². The van der Waals surface area contributed by atoms with Crippen molar-refractivity contribution in [3.05, 3.63) is 64.2 Å². The number of nitrogens with one attached hydrogen (secondary N) is 1. The maximum absolute atomic E-state index is 12.0. The molecule has 1 N–H and O–H groups in total. The van der Waals surface area contributed by atoms with Crippen molar-refractivity contribution in [2.24, 2.45) is 0 Å². The van der Waals surface area contributed by atoms with Gasteiger partial charge in [0.1, 0.15) is 11.5 Å². The van der Waals surface area contributed by atoms with Gasteiger partial charge in [-0.05, 0) is 25.1 Å². The van der Waals surface area contributed by atoms with Gasteiger partial charge < -0.3 is 14.8 Å². The van der Waals surface area contributed by atoms with Crippen molar-refractivity contribution in [2.45, 2.75) is 19.4 Å². The number of hydrogen-bond acceptors (Lipinski definition) is 5. The molecular formula is C18H20N2O5. The highest BCUT2D eigenvalue weighted by molar-refractivity contribution is 5.76. The van der Waals surface area contributed by atoms with Crippen molar-refractivity contribution in [2.75, 3.05) is 13.7 Å². The third kappa shape index (κ3) is 5.20. The van der Waals surface area contributed by atoms with Crippen LogP contribution in [0.5, 0.6) is 11.5 Å². The van der Waals surface area contributed by atoms with E-state index in [1.54, 1.807) is 7.11 Å². The smallest absolute Gasteiger partial charge is 0.269 e. The third-order valence-electron chi connectivity index (χ3n) is 3.63. The topological polar surface area (TPSA) is 90.7 Å². The van der Waals surface area contributed by atoms with Crippen molar-refractivity contribution in [1.82, 2.24) is 5.32 Å². The molecule has 1 unspecified atom stereocenters. The Morgan fingerprint density at radius 1 is 1.20 bits per heavy atom. The zero-order chi connectivity index (χ0) is 18.2. The molecule has 1 atom stereocenters. The average molecular weight is 344 g/mol. The van der Waals surface area contributed by atoms with Gasteiger partial charge in [0, 0.05) is 17.7 Å². The first-order valence-corrected chi connectivity index (χ1v) is 7.81. The van der Waals surface area contributed by atoms with E-state index < -0.39 is 4.92 Å². The van der Waals surface area contributed by atoms with Crippen LogP contribution in [0.4, 0.5) is 5.69 Å². The summed E-state index contributed by atoms with van der Waals surface area (Å²) in [7, 11) is 1.59. The summed E-state index contributed by atoms with van der Waals surface area (Å²) in [5, 5.41) is 13.5. The summed E-state index contributed by atoms with van der Waals surface area (Å²) in [6.07, 6.45) is 0.177. The first kappa shape index (κ1) is 18.3. The van der Waals surface area contributed by atoms with Gasteiger partial charge in [-0.1, -0.05) is 18.2 Å². The van der Waals surface area contributed by atoms with Gasteiger partial charge in [-0.15, -0.1) is 0 Å². The van der Waals surface area contributed by atoms with Gasteiger partial charge in [-0.2, -0.15) is 0 Å². The van der Waals surface area contributed by atoms with Crippen LogP contribution in [0, 0.1) is 10.1 Å². The molecule has 0 aliphatic carbocycles. The number of nitro benzene ring substituents is 1. The molecule has 2 aromatic carbocycles. The number of carbonyl (C=O) groups is 1. The molecule has 0 aliphatic heterocycles. The summed E-state index contributed by atoms with van der Waals surface area (Å²) in [6, 6.07) is 13.0. The number of nitrogens with zero attached hydrogens (tertiary/aromatic N) is 1. The second-order valence-electron chi connectivity index (χ2n) is 5.38. The Kier molecular flexibility index (Phi) is 6.33. The molecule has 0 radical (unpaired) electrons. The quantitative estimate of drug-likeness (QED) is 0.586. The minimum Gasteiger partial charge on any atom is -0.496 e. The fraction of sp³-hybridized carbons (Fsp3) is 0.278. The fourth-order valence-electron chi connectivity index (χ4n) is 2.34. The second-order valence-corrected chi connectivity index (χ2v) is 5.38. The van der Waals surface area contributed by atoms with Crippen molar-refractivity contribution in [3.63, 3.8) is 0 Å². The van der Waals surface area contributed by atoms with Gasteiger partial charge >= 0.3 is 0 Å². The van der Waals surface area contributed by atoms with E-state index in [-0.39, 0.29) is 30.7 Å². The van der Waals surface area contributed by atoms with Crippen molar-refractivity contribution >= 4 is 11.6 Å². The maximum atomic E-state index is 12.0. The molecule has 7 nitrogen and oxygen atoms in total. The molecule has 0 fully saturated rings. The lowest BCUT2D eigenvalue weighted by Gasteiger charge is -2.17. The maximum Gasteiger partial charge on any atom is 0.269 e. The number of hydrogen-bond donors (Lipinski definition) is 1. The van der Waals surface area contributed by atoms with E-state index >= 15 is 0 Å². The van der Waals surface area contributed by atoms with Gasteiger partial charge in [0.2, 0.25) is 5.91 Å². The zero-order valence-corrected chi connectivity index (χ0v) is 14.1. The minimum absolute atomic E-state index is 0.00396. The molecule has 25 heavy (non-hydrogen) atoms. The van der Waals surface area contributed by atoms with Crippen LogP contribution in [0.3, 0.4) is 0 Å². The standard InChI is InChI=1S/C18H20N2O5/c1-13(16-5-3-4-6-17(16)24-2)19-18(21)11-12-25-15-9-7-14(8-10-15)20(22)23/h3-10,13H,11-12H2,1-2H3,(H,19,21). The van der Waals surface area contributed by atoms with Gasteiger partial charge in [0.05, 0.1) is 31.1 Å². The zero-order valence-electron chi connectivity index (χ0n) is 14.1. The van der Waals surface area contributed by atoms with Crippen LogP contribution >= 0.6 is 0 Å². The summed E-state index contributed by atoms with van der Waals surface area (Å²) < 4.78 is 10.7. The second kappa shape index (κ2) is 8.68. The Morgan fingerprint density at radius 3 is 2.52 bits per heavy atom. The molecule has 7 heteroatoms. The summed E-state index contributed by atoms with van der Waals surface area (Å²) in [4.78, 5) is 22.1. The number of para-hydroxylation sites is 1. The summed E-state index contributed by atoms with van der Waals surface area (Å²) in [5.41, 5.74) is 0.894. The number of carbonyl (C=O) groups excluding carboxylic acids is 1. The average Bonchev–Trinajstić information content (AvgIpc) is 2.62. The lowest BCUT2D eigenvalue weighted by molar-refractivity contribution is -0.384. The first-order valence-electron chi connectivity index (χ1n) is 7.81. The van der Waals surface area contributed by atoms with Crippen LogP contribution in [0.25, 0.3) is 0 Å². The third-order valence-corrected chi connectivity index (χ3v) is 3.63. The van der Waals surface area contributed by atoms with E-state index in [1.165, 1.54) is 24.3 Å². The Balaban J connectivity index is 1.81. The fourth-order valence-corrected chi connectivity index (χ4v) is 2.34. The summed E-state index contributed by atoms with van der Waals surface area (Å²) in [6.45, 7) is 2.06.